The van der Waals surface area contributed by atoms with Gasteiger partial charge in [-0.15, -0.1) is 0 Å². The van der Waals surface area contributed by atoms with Gasteiger partial charge in [-0.3, -0.25) is 9.69 Å². The van der Waals surface area contributed by atoms with Gasteiger partial charge in [-0.25, -0.2) is 0 Å². The first kappa shape index (κ1) is 18.8. The smallest absolute Gasteiger partial charge is 0.270 e. The van der Waals surface area contributed by atoms with Gasteiger partial charge in [0.2, 0.25) is 0 Å². The van der Waals surface area contributed by atoms with E-state index in [4.69, 9.17) is 33.3 Å². The van der Waals surface area contributed by atoms with E-state index < -0.39 is 0 Å². The number of hydrogen-bond donors (Lipinski definition) is 0. The summed E-state index contributed by atoms with van der Waals surface area (Å²) < 4.78 is 11.5. The number of halogens is 1. The first-order valence-electron chi connectivity index (χ1n) is 7.89. The Morgan fingerprint density at radius 2 is 2.00 bits per heavy atom. The number of thioether (sulfide) groups is 1. The third kappa shape index (κ3) is 3.58. The number of carbonyl (C=O) groups excluding carboxylic acids is 1. The summed E-state index contributed by atoms with van der Waals surface area (Å²) in [5.74, 6) is 1.000. The summed E-state index contributed by atoms with van der Waals surface area (Å²) in [7, 11) is 1.57. The molecule has 2 aromatic carbocycles. The van der Waals surface area contributed by atoms with Crippen molar-refractivity contribution in [3.05, 3.63) is 58.0 Å². The molecule has 0 aromatic heterocycles. The number of hydrogen-bond acceptors (Lipinski definition) is 5. The van der Waals surface area contributed by atoms with E-state index in [0.29, 0.717) is 38.0 Å². The fourth-order valence-corrected chi connectivity index (χ4v) is 4.08. The second-order valence-electron chi connectivity index (χ2n) is 5.28. The van der Waals surface area contributed by atoms with Gasteiger partial charge in [0.25, 0.3) is 5.91 Å². The molecular weight excluding hydrogens is 390 g/mol. The van der Waals surface area contributed by atoms with Gasteiger partial charge in [-0.1, -0.05) is 59.8 Å². The highest BCUT2D eigenvalue weighted by molar-refractivity contribution is 8.27. The molecular formula is C19H16ClNO3S2. The Balaban J connectivity index is 1.99. The topological polar surface area (TPSA) is 38.8 Å². The van der Waals surface area contributed by atoms with Crippen LogP contribution < -0.4 is 14.4 Å². The molecule has 1 amide bonds. The van der Waals surface area contributed by atoms with E-state index in [-0.39, 0.29) is 5.91 Å². The number of carbonyl (C=O) groups is 1. The Kier molecular flexibility index (Phi) is 5.86. The quantitative estimate of drug-likeness (QED) is 0.508. The van der Waals surface area contributed by atoms with E-state index in [2.05, 4.69) is 0 Å². The average Bonchev–Trinajstić information content (AvgIpc) is 2.90. The predicted octanol–water partition coefficient (Wildman–Crippen LogP) is 5.15. The van der Waals surface area contributed by atoms with Crippen LogP contribution in [-0.4, -0.2) is 23.9 Å². The SMILES string of the molecule is CCOc1cccc(/C=C2\SC(=S)N(c3ccccc3Cl)C2=O)c1OC. The molecule has 0 N–H and O–H groups in total. The van der Waals surface area contributed by atoms with Gasteiger partial charge in [-0.05, 0) is 31.2 Å². The number of ether oxygens (including phenoxy) is 2. The molecule has 1 fully saturated rings. The molecule has 1 heterocycles. The summed E-state index contributed by atoms with van der Waals surface area (Å²) in [5, 5.41) is 0.473. The van der Waals surface area contributed by atoms with Gasteiger partial charge >= 0.3 is 0 Å². The summed E-state index contributed by atoms with van der Waals surface area (Å²) in [5.41, 5.74) is 1.33. The van der Waals surface area contributed by atoms with Crippen LogP contribution in [0.3, 0.4) is 0 Å². The number of nitrogens with zero attached hydrogens (tertiary/aromatic N) is 1. The number of rotatable bonds is 5. The Morgan fingerprint density at radius 1 is 1.23 bits per heavy atom. The second-order valence-corrected chi connectivity index (χ2v) is 7.36. The summed E-state index contributed by atoms with van der Waals surface area (Å²) in [6.45, 7) is 2.43. The fourth-order valence-electron chi connectivity index (χ4n) is 2.58. The number of benzene rings is 2. The molecule has 0 unspecified atom stereocenters. The lowest BCUT2D eigenvalue weighted by Crippen LogP contribution is -2.27. The summed E-state index contributed by atoms with van der Waals surface area (Å²) in [6, 6.07) is 12.7. The van der Waals surface area contributed by atoms with Gasteiger partial charge in [0.1, 0.15) is 0 Å². The van der Waals surface area contributed by atoms with E-state index in [1.807, 2.05) is 37.3 Å². The maximum atomic E-state index is 12.9. The molecule has 7 heteroatoms. The highest BCUT2D eigenvalue weighted by Gasteiger charge is 2.34. The predicted molar refractivity (Wildman–Crippen MR) is 111 cm³/mol. The lowest BCUT2D eigenvalue weighted by molar-refractivity contribution is -0.113. The zero-order chi connectivity index (χ0) is 18.7. The molecule has 0 aliphatic carbocycles. The Morgan fingerprint density at radius 3 is 2.69 bits per heavy atom. The molecule has 0 spiro atoms. The van der Waals surface area contributed by atoms with Gasteiger partial charge < -0.3 is 9.47 Å². The Hall–Kier alpha value is -2.02. The lowest BCUT2D eigenvalue weighted by Gasteiger charge is -2.15. The summed E-state index contributed by atoms with van der Waals surface area (Å²) >= 11 is 12.9. The average molecular weight is 406 g/mol. The highest BCUT2D eigenvalue weighted by atomic mass is 35.5. The van der Waals surface area contributed by atoms with Crippen molar-refractivity contribution >= 4 is 57.6 Å². The molecule has 0 bridgehead atoms. The number of para-hydroxylation sites is 2. The first-order chi connectivity index (χ1) is 12.6. The molecule has 2 aromatic rings. The second kappa shape index (κ2) is 8.12. The van der Waals surface area contributed by atoms with Crippen LogP contribution >= 0.6 is 35.6 Å². The number of thiocarbonyl (C=S) groups is 1. The van der Waals surface area contributed by atoms with E-state index >= 15 is 0 Å². The fraction of sp³-hybridized carbons (Fsp3) is 0.158. The van der Waals surface area contributed by atoms with Crippen LogP contribution in [0.1, 0.15) is 12.5 Å². The molecule has 134 valence electrons. The van der Waals surface area contributed by atoms with Crippen molar-refractivity contribution in [2.45, 2.75) is 6.92 Å². The van der Waals surface area contributed by atoms with E-state index in [0.717, 1.165) is 5.56 Å². The maximum Gasteiger partial charge on any atom is 0.270 e. The molecule has 0 saturated carbocycles. The van der Waals surface area contributed by atoms with Crippen LogP contribution in [0, 0.1) is 0 Å². The largest absolute Gasteiger partial charge is 0.492 e. The van der Waals surface area contributed by atoms with Crippen LogP contribution in [0.5, 0.6) is 11.5 Å². The van der Waals surface area contributed by atoms with Gasteiger partial charge in [0.15, 0.2) is 15.8 Å². The monoisotopic (exact) mass is 405 g/mol. The molecule has 0 radical (unpaired) electrons. The Bertz CT molecular complexity index is 898. The van der Waals surface area contributed by atoms with Crippen molar-refractivity contribution < 1.29 is 14.3 Å². The molecule has 4 nitrogen and oxygen atoms in total. The van der Waals surface area contributed by atoms with E-state index in [1.165, 1.54) is 16.7 Å². The third-order valence-electron chi connectivity index (χ3n) is 3.69. The Labute approximate surface area is 166 Å². The van der Waals surface area contributed by atoms with E-state index in [1.54, 1.807) is 25.3 Å². The van der Waals surface area contributed by atoms with Gasteiger partial charge in [-0.2, -0.15) is 0 Å². The number of amides is 1. The zero-order valence-corrected chi connectivity index (χ0v) is 16.6. The van der Waals surface area contributed by atoms with Crippen LogP contribution in [-0.2, 0) is 4.79 Å². The molecule has 3 rings (SSSR count). The zero-order valence-electron chi connectivity index (χ0n) is 14.2. The lowest BCUT2D eigenvalue weighted by atomic mass is 10.1. The molecule has 0 atom stereocenters. The van der Waals surface area contributed by atoms with Gasteiger partial charge in [0, 0.05) is 5.56 Å². The van der Waals surface area contributed by atoms with Crippen LogP contribution in [0.25, 0.3) is 6.08 Å². The molecule has 1 aliphatic rings. The van der Waals surface area contributed by atoms with Crippen LogP contribution in [0.2, 0.25) is 5.02 Å². The number of anilines is 1. The summed E-state index contributed by atoms with van der Waals surface area (Å²) in [6.07, 6.45) is 1.76. The standard InChI is InChI=1S/C19H16ClNO3S2/c1-3-24-15-10-6-7-12(17(15)23-2)11-16-18(22)21(19(25)26-16)14-9-5-4-8-13(14)20/h4-11H,3H2,1-2H3/b16-11-. The van der Waals surface area contributed by atoms with Gasteiger partial charge in [0.05, 0.1) is 29.3 Å². The minimum absolute atomic E-state index is 0.211. The van der Waals surface area contributed by atoms with Crippen molar-refractivity contribution in [2.75, 3.05) is 18.6 Å². The normalized spacial score (nSPS) is 15.7. The van der Waals surface area contributed by atoms with Crippen molar-refractivity contribution in [2.24, 2.45) is 0 Å². The summed E-state index contributed by atoms with van der Waals surface area (Å²) in [4.78, 5) is 14.9. The first-order valence-corrected chi connectivity index (χ1v) is 9.49. The molecule has 1 saturated heterocycles. The molecule has 26 heavy (non-hydrogen) atoms. The minimum Gasteiger partial charge on any atom is -0.492 e. The van der Waals surface area contributed by atoms with Crippen molar-refractivity contribution in [1.82, 2.24) is 0 Å². The minimum atomic E-state index is -0.211. The third-order valence-corrected chi connectivity index (χ3v) is 5.31. The van der Waals surface area contributed by atoms with Crippen molar-refractivity contribution in [3.63, 3.8) is 0 Å². The van der Waals surface area contributed by atoms with Crippen molar-refractivity contribution in [1.29, 1.82) is 0 Å². The highest BCUT2D eigenvalue weighted by Crippen LogP contribution is 2.40. The van der Waals surface area contributed by atoms with Crippen LogP contribution in [0.4, 0.5) is 5.69 Å². The maximum absolute atomic E-state index is 12.9. The molecule has 1 aliphatic heterocycles. The number of methoxy groups -OCH3 is 1. The van der Waals surface area contributed by atoms with Crippen molar-refractivity contribution in [3.8, 4) is 11.5 Å². The van der Waals surface area contributed by atoms with Crippen LogP contribution in [0.15, 0.2) is 47.4 Å². The van der Waals surface area contributed by atoms with E-state index in [9.17, 15) is 4.79 Å².